The molecule has 27 heavy (non-hydrogen) atoms. The van der Waals surface area contributed by atoms with Crippen LogP contribution in [0.2, 0.25) is 0 Å². The lowest BCUT2D eigenvalue weighted by atomic mass is 9.87. The number of carbonyl (C=O) groups is 2. The number of amides is 1. The van der Waals surface area contributed by atoms with Gasteiger partial charge in [0.1, 0.15) is 0 Å². The highest BCUT2D eigenvalue weighted by molar-refractivity contribution is 7.80. The van der Waals surface area contributed by atoms with Gasteiger partial charge in [0.05, 0.1) is 12.2 Å². The lowest BCUT2D eigenvalue weighted by molar-refractivity contribution is 0.0526. The Hall–Kier alpha value is -2.73. The van der Waals surface area contributed by atoms with Crippen LogP contribution < -0.4 is 10.6 Å². The molecule has 2 rings (SSSR count). The van der Waals surface area contributed by atoms with E-state index in [0.717, 1.165) is 5.56 Å². The van der Waals surface area contributed by atoms with Gasteiger partial charge < -0.3 is 10.1 Å². The van der Waals surface area contributed by atoms with Crippen LogP contribution in [-0.4, -0.2) is 23.6 Å². The minimum atomic E-state index is -0.376. The van der Waals surface area contributed by atoms with E-state index >= 15 is 0 Å². The average molecular weight is 385 g/mol. The highest BCUT2D eigenvalue weighted by Crippen LogP contribution is 2.22. The predicted molar refractivity (Wildman–Crippen MR) is 111 cm³/mol. The molecule has 2 N–H and O–H groups in total. The zero-order valence-corrected chi connectivity index (χ0v) is 16.8. The number of anilines is 1. The van der Waals surface area contributed by atoms with Gasteiger partial charge in [-0.2, -0.15) is 0 Å². The van der Waals surface area contributed by atoms with Gasteiger partial charge in [-0.1, -0.05) is 32.9 Å². The highest BCUT2D eigenvalue weighted by Gasteiger charge is 2.15. The molecular formula is C21H24N2O3S. The fourth-order valence-corrected chi connectivity index (χ4v) is 2.57. The average Bonchev–Trinajstić information content (AvgIpc) is 2.61. The Bertz CT molecular complexity index is 822. The van der Waals surface area contributed by atoms with E-state index < -0.39 is 0 Å². The molecule has 0 fully saturated rings. The summed E-state index contributed by atoms with van der Waals surface area (Å²) in [6.07, 6.45) is 0. The third-order valence-electron chi connectivity index (χ3n) is 3.89. The Labute approximate surface area is 165 Å². The molecule has 2 aromatic carbocycles. The Balaban J connectivity index is 1.95. The first kappa shape index (κ1) is 20.6. The third kappa shape index (κ3) is 5.89. The highest BCUT2D eigenvalue weighted by atomic mass is 32.1. The van der Waals surface area contributed by atoms with Gasteiger partial charge in [-0.05, 0) is 66.5 Å². The van der Waals surface area contributed by atoms with Crippen LogP contribution in [0.5, 0.6) is 0 Å². The first-order valence-corrected chi connectivity index (χ1v) is 9.11. The van der Waals surface area contributed by atoms with Gasteiger partial charge in [-0.15, -0.1) is 0 Å². The van der Waals surface area contributed by atoms with Crippen molar-refractivity contribution in [2.75, 3.05) is 11.9 Å². The number of ether oxygens (including phenoxy) is 1. The van der Waals surface area contributed by atoms with Gasteiger partial charge in [0, 0.05) is 11.3 Å². The van der Waals surface area contributed by atoms with Crippen LogP contribution in [0.25, 0.3) is 0 Å². The van der Waals surface area contributed by atoms with Gasteiger partial charge in [-0.25, -0.2) is 4.79 Å². The molecular weight excluding hydrogens is 360 g/mol. The summed E-state index contributed by atoms with van der Waals surface area (Å²) in [7, 11) is 0. The molecule has 1 amide bonds. The van der Waals surface area contributed by atoms with E-state index in [1.54, 1.807) is 43.3 Å². The SMILES string of the molecule is CCOC(=O)c1ccc(NC(=S)NC(=O)c2ccc(C(C)(C)C)cc2)cc1. The molecule has 2 aromatic rings. The van der Waals surface area contributed by atoms with Crippen LogP contribution in [0, 0.1) is 0 Å². The lowest BCUT2D eigenvalue weighted by Gasteiger charge is -2.19. The van der Waals surface area contributed by atoms with Crippen LogP contribution in [0.15, 0.2) is 48.5 Å². The summed E-state index contributed by atoms with van der Waals surface area (Å²) < 4.78 is 4.94. The number of benzene rings is 2. The van der Waals surface area contributed by atoms with E-state index in [1.807, 2.05) is 12.1 Å². The second-order valence-electron chi connectivity index (χ2n) is 7.03. The molecule has 0 aromatic heterocycles. The monoisotopic (exact) mass is 384 g/mol. The molecule has 6 heteroatoms. The predicted octanol–water partition coefficient (Wildman–Crippen LogP) is 4.29. The van der Waals surface area contributed by atoms with Gasteiger partial charge in [0.15, 0.2) is 5.11 Å². The summed E-state index contributed by atoms with van der Waals surface area (Å²) in [4.78, 5) is 24.0. The quantitative estimate of drug-likeness (QED) is 0.608. The van der Waals surface area contributed by atoms with E-state index in [-0.39, 0.29) is 22.4 Å². The lowest BCUT2D eigenvalue weighted by Crippen LogP contribution is -2.34. The maximum absolute atomic E-state index is 12.3. The molecule has 0 spiro atoms. The van der Waals surface area contributed by atoms with Crippen LogP contribution in [-0.2, 0) is 10.2 Å². The van der Waals surface area contributed by atoms with Crippen molar-refractivity contribution in [1.29, 1.82) is 0 Å². The number of esters is 1. The largest absolute Gasteiger partial charge is 0.462 e. The number of carbonyl (C=O) groups excluding carboxylic acids is 2. The molecule has 0 aliphatic rings. The number of nitrogens with one attached hydrogen (secondary N) is 2. The molecule has 142 valence electrons. The second-order valence-corrected chi connectivity index (χ2v) is 7.44. The van der Waals surface area contributed by atoms with Crippen molar-refractivity contribution in [3.63, 3.8) is 0 Å². The Morgan fingerprint density at radius 3 is 2.04 bits per heavy atom. The Morgan fingerprint density at radius 2 is 1.52 bits per heavy atom. The van der Waals surface area contributed by atoms with Gasteiger partial charge in [-0.3, -0.25) is 10.1 Å². The zero-order chi connectivity index (χ0) is 20.0. The van der Waals surface area contributed by atoms with Crippen LogP contribution >= 0.6 is 12.2 Å². The molecule has 5 nitrogen and oxygen atoms in total. The van der Waals surface area contributed by atoms with E-state index in [9.17, 15) is 9.59 Å². The first-order valence-electron chi connectivity index (χ1n) is 8.71. The van der Waals surface area contributed by atoms with E-state index in [4.69, 9.17) is 17.0 Å². The fourth-order valence-electron chi connectivity index (χ4n) is 2.36. The van der Waals surface area contributed by atoms with Gasteiger partial charge >= 0.3 is 5.97 Å². The molecule has 0 bridgehead atoms. The van der Waals surface area contributed by atoms with Crippen molar-refractivity contribution in [3.8, 4) is 0 Å². The standard InChI is InChI=1S/C21H24N2O3S/c1-5-26-19(25)15-8-12-17(13-9-15)22-20(27)23-18(24)14-6-10-16(11-7-14)21(2,3)4/h6-13H,5H2,1-4H3,(H2,22,23,24,27). The van der Waals surface area contributed by atoms with Crippen molar-refractivity contribution in [1.82, 2.24) is 5.32 Å². The molecule has 0 aliphatic carbocycles. The fraction of sp³-hybridized carbons (Fsp3) is 0.286. The normalized spacial score (nSPS) is 10.8. The van der Waals surface area contributed by atoms with Crippen molar-refractivity contribution >= 4 is 34.9 Å². The summed E-state index contributed by atoms with van der Waals surface area (Å²) in [6.45, 7) is 8.44. The molecule has 0 saturated heterocycles. The number of hydrogen-bond acceptors (Lipinski definition) is 4. The second kappa shape index (κ2) is 8.77. The molecule has 0 radical (unpaired) electrons. The molecule has 0 saturated carbocycles. The molecule has 0 heterocycles. The van der Waals surface area contributed by atoms with Gasteiger partial charge in [0.2, 0.25) is 0 Å². The molecule has 0 aliphatic heterocycles. The summed E-state index contributed by atoms with van der Waals surface area (Å²) in [6, 6.07) is 14.1. The third-order valence-corrected chi connectivity index (χ3v) is 4.10. The van der Waals surface area contributed by atoms with E-state index in [0.29, 0.717) is 23.4 Å². The summed E-state index contributed by atoms with van der Waals surface area (Å²) in [5.74, 6) is -0.658. The minimum absolute atomic E-state index is 0.0293. The maximum atomic E-state index is 12.3. The van der Waals surface area contributed by atoms with Crippen LogP contribution in [0.3, 0.4) is 0 Å². The van der Waals surface area contributed by atoms with Crippen molar-refractivity contribution in [2.45, 2.75) is 33.1 Å². The zero-order valence-electron chi connectivity index (χ0n) is 16.0. The topological polar surface area (TPSA) is 67.4 Å². The first-order chi connectivity index (χ1) is 12.7. The van der Waals surface area contributed by atoms with Gasteiger partial charge in [0.25, 0.3) is 5.91 Å². The summed E-state index contributed by atoms with van der Waals surface area (Å²) in [5, 5.41) is 5.76. The minimum Gasteiger partial charge on any atom is -0.462 e. The summed E-state index contributed by atoms with van der Waals surface area (Å²) in [5.41, 5.74) is 2.83. The number of thiocarbonyl (C=S) groups is 1. The van der Waals surface area contributed by atoms with Crippen molar-refractivity contribution in [3.05, 3.63) is 65.2 Å². The van der Waals surface area contributed by atoms with Crippen LogP contribution in [0.4, 0.5) is 5.69 Å². The smallest absolute Gasteiger partial charge is 0.338 e. The Morgan fingerprint density at radius 1 is 0.963 bits per heavy atom. The summed E-state index contributed by atoms with van der Waals surface area (Å²) >= 11 is 5.19. The maximum Gasteiger partial charge on any atom is 0.338 e. The van der Waals surface area contributed by atoms with Crippen molar-refractivity contribution < 1.29 is 14.3 Å². The van der Waals surface area contributed by atoms with E-state index in [1.165, 1.54) is 0 Å². The van der Waals surface area contributed by atoms with Crippen LogP contribution in [0.1, 0.15) is 54.0 Å². The van der Waals surface area contributed by atoms with Crippen molar-refractivity contribution in [2.24, 2.45) is 0 Å². The Kier molecular flexibility index (Phi) is 6.69. The molecule has 0 atom stereocenters. The number of hydrogen-bond donors (Lipinski definition) is 2. The molecule has 0 unspecified atom stereocenters. The number of rotatable bonds is 4. The van der Waals surface area contributed by atoms with E-state index in [2.05, 4.69) is 31.4 Å².